The fraction of sp³-hybridized carbons (Fsp3) is 0.0909. The van der Waals surface area contributed by atoms with E-state index in [1.807, 2.05) is 6.07 Å². The van der Waals surface area contributed by atoms with Crippen LogP contribution in [0.2, 0.25) is 0 Å². The molecule has 0 atom stereocenters. The Balaban J connectivity index is 1.65. The zero-order valence-electron chi connectivity index (χ0n) is 16.5. The Bertz CT molecular complexity index is 1100. The number of nitro groups is 1. The van der Waals surface area contributed by atoms with Crippen LogP contribution in [0.1, 0.15) is 10.4 Å². The molecule has 9 nitrogen and oxygen atoms in total. The Kier molecular flexibility index (Phi) is 6.79. The lowest BCUT2D eigenvalue weighted by molar-refractivity contribution is -0.384. The van der Waals surface area contributed by atoms with Crippen molar-refractivity contribution in [2.24, 2.45) is 0 Å². The van der Waals surface area contributed by atoms with Crippen LogP contribution >= 0.6 is 0 Å². The van der Waals surface area contributed by atoms with Crippen LogP contribution in [0.25, 0.3) is 0 Å². The number of hydrogen-bond donors (Lipinski definition) is 2. The van der Waals surface area contributed by atoms with Gasteiger partial charge in [-0.25, -0.2) is 0 Å². The monoisotopic (exact) mass is 421 g/mol. The maximum Gasteiger partial charge on any atom is 0.270 e. The van der Waals surface area contributed by atoms with Crippen molar-refractivity contribution < 1.29 is 24.0 Å². The van der Waals surface area contributed by atoms with Crippen molar-refractivity contribution in [1.29, 1.82) is 0 Å². The molecule has 31 heavy (non-hydrogen) atoms. The predicted molar refractivity (Wildman–Crippen MR) is 115 cm³/mol. The molecule has 0 aromatic heterocycles. The van der Waals surface area contributed by atoms with E-state index in [9.17, 15) is 19.7 Å². The maximum atomic E-state index is 12.6. The third-order valence-electron chi connectivity index (χ3n) is 4.16. The lowest BCUT2D eigenvalue weighted by Gasteiger charge is -2.11. The largest absolute Gasteiger partial charge is 0.496 e. The number of para-hydroxylation sites is 1. The van der Waals surface area contributed by atoms with Gasteiger partial charge in [-0.05, 0) is 30.3 Å². The smallest absolute Gasteiger partial charge is 0.270 e. The number of carbonyl (C=O) groups excluding carboxylic acids is 2. The summed E-state index contributed by atoms with van der Waals surface area (Å²) in [6, 6.07) is 19.2. The van der Waals surface area contributed by atoms with Gasteiger partial charge in [-0.15, -0.1) is 0 Å². The second-order valence-corrected chi connectivity index (χ2v) is 6.33. The van der Waals surface area contributed by atoms with E-state index in [1.54, 1.807) is 42.5 Å². The zero-order chi connectivity index (χ0) is 22.2. The first-order chi connectivity index (χ1) is 15.0. The minimum atomic E-state index is -0.592. The van der Waals surface area contributed by atoms with Gasteiger partial charge in [0.05, 0.1) is 17.6 Å². The van der Waals surface area contributed by atoms with Gasteiger partial charge in [0.1, 0.15) is 11.5 Å². The molecule has 0 spiro atoms. The molecule has 9 heteroatoms. The number of nitro benzene ring substituents is 1. The highest BCUT2D eigenvalue weighted by molar-refractivity contribution is 6.06. The zero-order valence-corrected chi connectivity index (χ0v) is 16.5. The summed E-state index contributed by atoms with van der Waals surface area (Å²) in [5.41, 5.74) is 0.834. The molecule has 158 valence electrons. The summed E-state index contributed by atoms with van der Waals surface area (Å²) in [6.45, 7) is -0.217. The van der Waals surface area contributed by atoms with Gasteiger partial charge in [0.2, 0.25) is 0 Å². The number of rotatable bonds is 8. The lowest BCUT2D eigenvalue weighted by atomic mass is 10.1. The number of nitrogens with one attached hydrogen (secondary N) is 2. The average Bonchev–Trinajstić information content (AvgIpc) is 2.78. The molecule has 2 N–H and O–H groups in total. The van der Waals surface area contributed by atoms with E-state index >= 15 is 0 Å². The van der Waals surface area contributed by atoms with Crippen LogP contribution in [0.5, 0.6) is 11.5 Å². The van der Waals surface area contributed by atoms with Crippen molar-refractivity contribution >= 4 is 28.9 Å². The van der Waals surface area contributed by atoms with Gasteiger partial charge < -0.3 is 20.1 Å². The van der Waals surface area contributed by atoms with Crippen molar-refractivity contribution in [2.45, 2.75) is 0 Å². The van der Waals surface area contributed by atoms with E-state index in [4.69, 9.17) is 9.47 Å². The molecule has 0 unspecified atom stereocenters. The van der Waals surface area contributed by atoms with Crippen LogP contribution in [0.4, 0.5) is 17.1 Å². The van der Waals surface area contributed by atoms with Crippen LogP contribution in [0.15, 0.2) is 72.8 Å². The molecule has 0 heterocycles. The van der Waals surface area contributed by atoms with Crippen molar-refractivity contribution in [2.75, 3.05) is 24.4 Å². The third kappa shape index (κ3) is 5.80. The van der Waals surface area contributed by atoms with E-state index in [2.05, 4.69) is 10.6 Å². The molecule has 0 saturated carbocycles. The Morgan fingerprint density at radius 3 is 2.39 bits per heavy atom. The topological polar surface area (TPSA) is 120 Å². The van der Waals surface area contributed by atoms with Crippen LogP contribution in [-0.4, -0.2) is 30.5 Å². The number of anilines is 2. The second-order valence-electron chi connectivity index (χ2n) is 6.33. The van der Waals surface area contributed by atoms with Crippen LogP contribution in [-0.2, 0) is 4.79 Å². The SMILES string of the molecule is COc1ccc([N+](=O)[O-])cc1C(=O)Nc1cccc(OCC(=O)Nc2ccccc2)c1. The summed E-state index contributed by atoms with van der Waals surface area (Å²) < 4.78 is 10.6. The molecule has 0 radical (unpaired) electrons. The minimum Gasteiger partial charge on any atom is -0.496 e. The Morgan fingerprint density at radius 1 is 0.935 bits per heavy atom. The summed E-state index contributed by atoms with van der Waals surface area (Å²) in [7, 11) is 1.37. The molecule has 3 rings (SSSR count). The maximum absolute atomic E-state index is 12.6. The number of non-ortho nitro benzene ring substituents is 1. The first-order valence-corrected chi connectivity index (χ1v) is 9.18. The van der Waals surface area contributed by atoms with E-state index in [-0.39, 0.29) is 29.5 Å². The molecular weight excluding hydrogens is 402 g/mol. The summed E-state index contributed by atoms with van der Waals surface area (Å²) in [4.78, 5) is 35.1. The first kappa shape index (κ1) is 21.3. The number of hydrogen-bond acceptors (Lipinski definition) is 6. The third-order valence-corrected chi connectivity index (χ3v) is 4.16. The molecule has 0 aliphatic carbocycles. The average molecular weight is 421 g/mol. The van der Waals surface area contributed by atoms with E-state index in [0.29, 0.717) is 17.1 Å². The van der Waals surface area contributed by atoms with Gasteiger partial charge in [-0.1, -0.05) is 24.3 Å². The molecule has 3 aromatic carbocycles. The predicted octanol–water partition coefficient (Wildman–Crippen LogP) is 3.87. The van der Waals surface area contributed by atoms with Gasteiger partial charge in [-0.2, -0.15) is 0 Å². The second kappa shape index (κ2) is 9.88. The number of carbonyl (C=O) groups is 2. The van der Waals surface area contributed by atoms with Crippen molar-refractivity contribution in [3.8, 4) is 11.5 Å². The van der Waals surface area contributed by atoms with Crippen molar-refractivity contribution in [1.82, 2.24) is 0 Å². The molecule has 2 amide bonds. The Morgan fingerprint density at radius 2 is 1.68 bits per heavy atom. The van der Waals surface area contributed by atoms with Gasteiger partial charge in [0, 0.05) is 29.6 Å². The summed E-state index contributed by atoms with van der Waals surface area (Å²) in [5, 5.41) is 16.4. The molecule has 0 saturated heterocycles. The first-order valence-electron chi connectivity index (χ1n) is 9.18. The number of ether oxygens (including phenoxy) is 2. The van der Waals surface area contributed by atoms with Gasteiger partial charge >= 0.3 is 0 Å². The lowest BCUT2D eigenvalue weighted by Crippen LogP contribution is -2.20. The summed E-state index contributed by atoms with van der Waals surface area (Å²) >= 11 is 0. The van der Waals surface area contributed by atoms with Crippen molar-refractivity contribution in [3.63, 3.8) is 0 Å². The van der Waals surface area contributed by atoms with Crippen LogP contribution < -0.4 is 20.1 Å². The molecule has 3 aromatic rings. The minimum absolute atomic E-state index is 0.0188. The summed E-state index contributed by atoms with van der Waals surface area (Å²) in [5.74, 6) is -0.346. The normalized spacial score (nSPS) is 10.1. The Hall–Kier alpha value is -4.40. The van der Waals surface area contributed by atoms with Crippen molar-refractivity contribution in [3.05, 3.63) is 88.5 Å². The fourth-order valence-electron chi connectivity index (χ4n) is 2.72. The molecule has 0 aliphatic heterocycles. The standard InChI is InChI=1S/C22H19N3O6/c1-30-20-11-10-17(25(28)29)13-19(20)22(27)24-16-8-5-9-18(12-16)31-14-21(26)23-15-6-3-2-4-7-15/h2-13H,14H2,1H3,(H,23,26)(H,24,27). The quantitative estimate of drug-likeness (QED) is 0.421. The van der Waals surface area contributed by atoms with E-state index in [0.717, 1.165) is 6.07 Å². The molecule has 0 aliphatic rings. The van der Waals surface area contributed by atoms with E-state index in [1.165, 1.54) is 25.3 Å². The molecule has 0 bridgehead atoms. The van der Waals surface area contributed by atoms with Gasteiger partial charge in [0.15, 0.2) is 6.61 Å². The summed E-state index contributed by atoms with van der Waals surface area (Å²) in [6.07, 6.45) is 0. The highest BCUT2D eigenvalue weighted by Gasteiger charge is 2.18. The molecular formula is C22H19N3O6. The molecule has 0 fully saturated rings. The van der Waals surface area contributed by atoms with Crippen LogP contribution in [0.3, 0.4) is 0 Å². The van der Waals surface area contributed by atoms with Gasteiger partial charge in [-0.3, -0.25) is 19.7 Å². The Labute approximate surface area is 177 Å². The number of nitrogens with zero attached hydrogens (tertiary/aromatic N) is 1. The van der Waals surface area contributed by atoms with Gasteiger partial charge in [0.25, 0.3) is 17.5 Å². The number of amides is 2. The highest BCUT2D eigenvalue weighted by Crippen LogP contribution is 2.26. The van der Waals surface area contributed by atoms with Crippen LogP contribution in [0, 0.1) is 10.1 Å². The van der Waals surface area contributed by atoms with E-state index < -0.39 is 10.8 Å². The fourth-order valence-corrected chi connectivity index (χ4v) is 2.72. The number of methoxy groups -OCH3 is 1. The highest BCUT2D eigenvalue weighted by atomic mass is 16.6. The number of benzene rings is 3.